The van der Waals surface area contributed by atoms with Crippen LogP contribution in [0.2, 0.25) is 0 Å². The molecule has 148 valence electrons. The van der Waals surface area contributed by atoms with Crippen LogP contribution in [0, 0.1) is 18.3 Å². The zero-order chi connectivity index (χ0) is 21.3. The lowest BCUT2D eigenvalue weighted by Gasteiger charge is -2.17. The number of amides is 1. The number of benzene rings is 2. The third-order valence-electron chi connectivity index (χ3n) is 5.18. The zero-order valence-corrected chi connectivity index (χ0v) is 16.5. The molecule has 0 aliphatic rings. The summed E-state index contributed by atoms with van der Waals surface area (Å²) in [6.07, 6.45) is 4.09. The number of H-pyrrole nitrogens is 1. The summed E-state index contributed by atoms with van der Waals surface area (Å²) >= 11 is 0. The maximum atomic E-state index is 11.2. The molecule has 2 aromatic heterocycles. The Kier molecular flexibility index (Phi) is 4.82. The number of aromatic amines is 1. The molecule has 1 amide bonds. The lowest BCUT2D eigenvalue weighted by atomic mass is 10.0. The zero-order valence-electron chi connectivity index (χ0n) is 16.5. The maximum Gasteiger partial charge on any atom is 0.411 e. The number of anilines is 3. The minimum Gasteiger partial charge on any atom is -0.465 e. The molecule has 7 heteroatoms. The van der Waals surface area contributed by atoms with Crippen molar-refractivity contribution in [2.24, 2.45) is 0 Å². The highest BCUT2D eigenvalue weighted by Gasteiger charge is 2.15. The topological polar surface area (TPSA) is 105 Å². The van der Waals surface area contributed by atoms with Crippen LogP contribution in [-0.4, -0.2) is 28.2 Å². The Morgan fingerprint density at radius 2 is 1.93 bits per heavy atom. The van der Waals surface area contributed by atoms with Gasteiger partial charge in [-0.1, -0.05) is 12.1 Å². The highest BCUT2D eigenvalue weighted by Crippen LogP contribution is 2.35. The van der Waals surface area contributed by atoms with Crippen LogP contribution in [0.25, 0.3) is 22.0 Å². The van der Waals surface area contributed by atoms with E-state index in [1.807, 2.05) is 43.5 Å². The predicted octanol–water partition coefficient (Wildman–Crippen LogP) is 5.27. The summed E-state index contributed by atoms with van der Waals surface area (Å²) in [5.41, 5.74) is 6.23. The van der Waals surface area contributed by atoms with Gasteiger partial charge in [0.05, 0.1) is 11.3 Å². The third-order valence-corrected chi connectivity index (χ3v) is 5.18. The van der Waals surface area contributed by atoms with Crippen molar-refractivity contribution in [1.82, 2.24) is 9.97 Å². The number of fused-ring (bicyclic) bond motifs is 1. The van der Waals surface area contributed by atoms with E-state index in [1.165, 1.54) is 13.2 Å². The number of hydrogen-bond acceptors (Lipinski definition) is 4. The molecule has 7 nitrogen and oxygen atoms in total. The number of aromatic nitrogens is 2. The molecule has 0 unspecified atom stereocenters. The highest BCUT2D eigenvalue weighted by molar-refractivity contribution is 5.92. The van der Waals surface area contributed by atoms with Gasteiger partial charge >= 0.3 is 6.09 Å². The van der Waals surface area contributed by atoms with Gasteiger partial charge in [0.2, 0.25) is 0 Å². The molecule has 0 radical (unpaired) electrons. The highest BCUT2D eigenvalue weighted by atomic mass is 16.4. The van der Waals surface area contributed by atoms with Crippen LogP contribution in [0.5, 0.6) is 0 Å². The number of nitrogens with one attached hydrogen (secondary N) is 2. The van der Waals surface area contributed by atoms with Gasteiger partial charge in [-0.2, -0.15) is 5.26 Å². The van der Waals surface area contributed by atoms with E-state index < -0.39 is 6.09 Å². The fraction of sp³-hybridized carbons (Fsp3) is 0.0870. The Bertz CT molecular complexity index is 1290. The van der Waals surface area contributed by atoms with Crippen molar-refractivity contribution in [3.63, 3.8) is 0 Å². The molecule has 0 fully saturated rings. The summed E-state index contributed by atoms with van der Waals surface area (Å²) in [6, 6.07) is 15.3. The quantitative estimate of drug-likeness (QED) is 0.435. The summed E-state index contributed by atoms with van der Waals surface area (Å²) in [5.74, 6) is 0. The average molecular weight is 397 g/mol. The van der Waals surface area contributed by atoms with E-state index >= 15 is 0 Å². The van der Waals surface area contributed by atoms with E-state index in [4.69, 9.17) is 5.11 Å². The van der Waals surface area contributed by atoms with Crippen LogP contribution < -0.4 is 10.2 Å². The molecule has 3 N–H and O–H groups in total. The second kappa shape index (κ2) is 7.60. The summed E-state index contributed by atoms with van der Waals surface area (Å²) in [4.78, 5) is 19.7. The van der Waals surface area contributed by atoms with E-state index in [0.29, 0.717) is 16.9 Å². The molecule has 4 rings (SSSR count). The van der Waals surface area contributed by atoms with Crippen molar-refractivity contribution < 1.29 is 9.90 Å². The molecular formula is C23H19N5O2. The standard InChI is InChI=1S/C23H19N5O2/c1-14-18-9-10-26-21(18)8-7-20(14)27-22-16(11-24)12-25-13-19(22)15-3-5-17(6-4-15)28(2)23(29)30/h3-10,12-13,26H,1-2H3,(H,25,27)(H,29,30). The van der Waals surface area contributed by atoms with Gasteiger partial charge in [-0.3, -0.25) is 9.88 Å². The van der Waals surface area contributed by atoms with E-state index in [-0.39, 0.29) is 0 Å². The van der Waals surface area contributed by atoms with Crippen molar-refractivity contribution in [3.8, 4) is 17.2 Å². The van der Waals surface area contributed by atoms with Gasteiger partial charge in [0.25, 0.3) is 0 Å². The number of hydrogen-bond donors (Lipinski definition) is 3. The molecule has 0 bridgehead atoms. The molecule has 0 saturated carbocycles. The molecular weight excluding hydrogens is 378 g/mol. The van der Waals surface area contributed by atoms with Crippen molar-refractivity contribution in [3.05, 3.63) is 72.2 Å². The molecule has 0 saturated heterocycles. The summed E-state index contributed by atoms with van der Waals surface area (Å²) in [7, 11) is 1.49. The van der Waals surface area contributed by atoms with Crippen molar-refractivity contribution in [2.45, 2.75) is 6.92 Å². The Morgan fingerprint density at radius 1 is 1.17 bits per heavy atom. The fourth-order valence-electron chi connectivity index (χ4n) is 3.43. The molecule has 4 aromatic rings. The molecule has 0 spiro atoms. The first-order valence-corrected chi connectivity index (χ1v) is 9.28. The smallest absolute Gasteiger partial charge is 0.411 e. The number of pyridine rings is 1. The first-order chi connectivity index (χ1) is 14.5. The van der Waals surface area contributed by atoms with E-state index in [2.05, 4.69) is 21.4 Å². The lowest BCUT2D eigenvalue weighted by molar-refractivity contribution is 0.203. The molecule has 0 aliphatic carbocycles. The monoisotopic (exact) mass is 397 g/mol. The predicted molar refractivity (Wildman–Crippen MR) is 117 cm³/mol. The summed E-state index contributed by atoms with van der Waals surface area (Å²) in [5, 5.41) is 23.3. The van der Waals surface area contributed by atoms with Crippen LogP contribution in [0.3, 0.4) is 0 Å². The van der Waals surface area contributed by atoms with Crippen LogP contribution in [0.15, 0.2) is 61.1 Å². The SMILES string of the molecule is Cc1c(Nc2c(C#N)cncc2-c2ccc(N(C)C(=O)O)cc2)ccc2[nH]ccc12. The van der Waals surface area contributed by atoms with Crippen molar-refractivity contribution in [2.75, 3.05) is 17.3 Å². The van der Waals surface area contributed by atoms with Crippen LogP contribution in [0.1, 0.15) is 11.1 Å². The van der Waals surface area contributed by atoms with Gasteiger partial charge < -0.3 is 15.4 Å². The van der Waals surface area contributed by atoms with E-state index in [9.17, 15) is 10.1 Å². The molecule has 30 heavy (non-hydrogen) atoms. The summed E-state index contributed by atoms with van der Waals surface area (Å²) in [6.45, 7) is 2.03. The minimum atomic E-state index is -1.03. The number of carbonyl (C=O) groups is 1. The number of carboxylic acid groups (broad SMARTS) is 1. The second-order valence-corrected chi connectivity index (χ2v) is 6.91. The lowest BCUT2D eigenvalue weighted by Crippen LogP contribution is -2.23. The molecule has 0 aliphatic heterocycles. The molecule has 0 atom stereocenters. The minimum absolute atomic E-state index is 0.424. The number of nitriles is 1. The Labute approximate surface area is 173 Å². The normalized spacial score (nSPS) is 10.6. The molecule has 2 aromatic carbocycles. The number of aryl methyl sites for hydroxylation is 1. The van der Waals surface area contributed by atoms with Crippen LogP contribution in [-0.2, 0) is 0 Å². The Hall–Kier alpha value is -4.31. The van der Waals surface area contributed by atoms with Crippen LogP contribution >= 0.6 is 0 Å². The number of nitrogens with zero attached hydrogens (tertiary/aromatic N) is 3. The number of rotatable bonds is 4. The third kappa shape index (κ3) is 3.31. The second-order valence-electron chi connectivity index (χ2n) is 6.91. The Morgan fingerprint density at radius 3 is 2.63 bits per heavy atom. The van der Waals surface area contributed by atoms with Gasteiger partial charge in [-0.15, -0.1) is 0 Å². The first-order valence-electron chi connectivity index (χ1n) is 9.28. The fourth-order valence-corrected chi connectivity index (χ4v) is 3.43. The first kappa shape index (κ1) is 19.0. The Balaban J connectivity index is 1.78. The van der Waals surface area contributed by atoms with Gasteiger partial charge in [0, 0.05) is 53.5 Å². The van der Waals surface area contributed by atoms with E-state index in [1.54, 1.807) is 18.3 Å². The van der Waals surface area contributed by atoms with Gasteiger partial charge in [0.1, 0.15) is 6.07 Å². The van der Waals surface area contributed by atoms with E-state index in [0.717, 1.165) is 38.2 Å². The van der Waals surface area contributed by atoms with Gasteiger partial charge in [-0.25, -0.2) is 4.79 Å². The van der Waals surface area contributed by atoms with Gasteiger partial charge in [-0.05, 0) is 48.4 Å². The van der Waals surface area contributed by atoms with Crippen LogP contribution in [0.4, 0.5) is 21.9 Å². The van der Waals surface area contributed by atoms with Crippen molar-refractivity contribution >= 4 is 34.1 Å². The molecule has 2 heterocycles. The largest absolute Gasteiger partial charge is 0.465 e. The average Bonchev–Trinajstić information content (AvgIpc) is 3.25. The summed E-state index contributed by atoms with van der Waals surface area (Å²) < 4.78 is 0. The van der Waals surface area contributed by atoms with Gasteiger partial charge in [0.15, 0.2) is 0 Å². The van der Waals surface area contributed by atoms with Crippen molar-refractivity contribution in [1.29, 1.82) is 5.26 Å². The maximum absolute atomic E-state index is 11.2.